The van der Waals surface area contributed by atoms with Crippen LogP contribution in [0.1, 0.15) is 18.1 Å². The van der Waals surface area contributed by atoms with E-state index in [1.54, 1.807) is 24.4 Å². The summed E-state index contributed by atoms with van der Waals surface area (Å²) < 4.78 is 19.7. The van der Waals surface area contributed by atoms with E-state index in [1.165, 1.54) is 30.5 Å². The Balaban J connectivity index is 1.51. The molecule has 3 rings (SSSR count). The molecule has 2 amide bonds. The molecule has 2 N–H and O–H groups in total. The smallest absolute Gasteiger partial charge is 0.244 e. The molecule has 0 aliphatic heterocycles. The highest BCUT2D eigenvalue weighted by molar-refractivity contribution is 5.98. The minimum Gasteiger partial charge on any atom is -0.453 e. The second-order valence-electron chi connectivity index (χ2n) is 6.59. The Morgan fingerprint density at radius 1 is 1.13 bits per heavy atom. The number of hydrogen-bond donors (Lipinski definition) is 2. The van der Waals surface area contributed by atoms with E-state index in [0.29, 0.717) is 11.3 Å². The number of anilines is 1. The number of rotatable bonds is 8. The lowest BCUT2D eigenvalue weighted by atomic mass is 10.1. The number of carbonyl (C=O) groups excluding carboxylic acids is 2. The van der Waals surface area contributed by atoms with Crippen molar-refractivity contribution in [3.05, 3.63) is 90.0 Å². The zero-order valence-corrected chi connectivity index (χ0v) is 17.0. The van der Waals surface area contributed by atoms with Crippen LogP contribution >= 0.6 is 0 Å². The number of ether oxygens (including phenoxy) is 1. The molecular weight excluding hydrogens is 397 g/mol. The zero-order chi connectivity index (χ0) is 22.1. The molecule has 0 atom stereocenters. The third kappa shape index (κ3) is 6.50. The summed E-state index contributed by atoms with van der Waals surface area (Å²) in [5.41, 5.74) is 2.22. The van der Waals surface area contributed by atoms with Gasteiger partial charge < -0.3 is 15.4 Å². The van der Waals surface area contributed by atoms with Crippen molar-refractivity contribution in [2.75, 3.05) is 11.9 Å². The number of hydrogen-bond acceptors (Lipinski definition) is 4. The van der Waals surface area contributed by atoms with Gasteiger partial charge in [0.15, 0.2) is 11.6 Å². The van der Waals surface area contributed by atoms with Gasteiger partial charge in [-0.2, -0.15) is 0 Å². The number of aromatic nitrogens is 1. The van der Waals surface area contributed by atoms with Crippen LogP contribution in [0.5, 0.6) is 11.5 Å². The van der Waals surface area contributed by atoms with Crippen LogP contribution in [0.4, 0.5) is 10.1 Å². The van der Waals surface area contributed by atoms with Gasteiger partial charge in [-0.05, 0) is 54.0 Å². The fraction of sp³-hybridized carbons (Fsp3) is 0.125. The Labute approximate surface area is 179 Å². The molecule has 0 spiro atoms. The lowest BCUT2D eigenvalue weighted by molar-refractivity contribution is -0.121. The van der Waals surface area contributed by atoms with E-state index in [9.17, 15) is 14.0 Å². The van der Waals surface area contributed by atoms with Gasteiger partial charge in [-0.3, -0.25) is 14.6 Å². The maximum atomic E-state index is 14.3. The second kappa shape index (κ2) is 10.7. The number of aryl methyl sites for hydroxylation is 1. The van der Waals surface area contributed by atoms with Gasteiger partial charge >= 0.3 is 0 Å². The first-order chi connectivity index (χ1) is 15.0. The van der Waals surface area contributed by atoms with Gasteiger partial charge in [-0.1, -0.05) is 31.2 Å². The summed E-state index contributed by atoms with van der Waals surface area (Å²) in [4.78, 5) is 28.0. The Bertz CT molecular complexity index is 1080. The van der Waals surface area contributed by atoms with Crippen molar-refractivity contribution in [3.8, 4) is 11.5 Å². The fourth-order valence-corrected chi connectivity index (χ4v) is 2.78. The number of pyridine rings is 1. The maximum Gasteiger partial charge on any atom is 0.244 e. The molecule has 158 valence electrons. The lowest BCUT2D eigenvalue weighted by Gasteiger charge is -2.09. The summed E-state index contributed by atoms with van der Waals surface area (Å²) in [6, 6.07) is 15.2. The van der Waals surface area contributed by atoms with Crippen molar-refractivity contribution in [2.24, 2.45) is 0 Å². The highest BCUT2D eigenvalue weighted by atomic mass is 19.1. The molecule has 1 aromatic heterocycles. The van der Waals surface area contributed by atoms with Gasteiger partial charge in [0.1, 0.15) is 5.75 Å². The maximum absolute atomic E-state index is 14.3. The highest BCUT2D eigenvalue weighted by Gasteiger charge is 2.08. The van der Waals surface area contributed by atoms with Crippen LogP contribution < -0.4 is 15.4 Å². The Hall–Kier alpha value is -4.00. The molecule has 6 nitrogen and oxygen atoms in total. The van der Waals surface area contributed by atoms with Gasteiger partial charge in [0, 0.05) is 18.0 Å². The van der Waals surface area contributed by atoms with E-state index in [0.717, 1.165) is 17.7 Å². The third-order valence-electron chi connectivity index (χ3n) is 4.34. The Kier molecular flexibility index (Phi) is 7.48. The summed E-state index contributed by atoms with van der Waals surface area (Å²) in [7, 11) is 0. The molecule has 31 heavy (non-hydrogen) atoms. The van der Waals surface area contributed by atoms with E-state index < -0.39 is 11.7 Å². The molecule has 7 heteroatoms. The summed E-state index contributed by atoms with van der Waals surface area (Å²) in [5, 5.41) is 5.28. The molecule has 0 aliphatic carbocycles. The molecule has 0 bridgehead atoms. The quantitative estimate of drug-likeness (QED) is 0.532. The van der Waals surface area contributed by atoms with Gasteiger partial charge in [0.05, 0.1) is 12.7 Å². The normalized spacial score (nSPS) is 10.6. The molecular formula is C24H22FN3O3. The van der Waals surface area contributed by atoms with Crippen molar-refractivity contribution in [1.29, 1.82) is 0 Å². The molecule has 0 unspecified atom stereocenters. The summed E-state index contributed by atoms with van der Waals surface area (Å²) in [6.07, 6.45) is 6.55. The topological polar surface area (TPSA) is 80.3 Å². The number of carbonyl (C=O) groups is 2. The molecule has 0 saturated carbocycles. The van der Waals surface area contributed by atoms with Crippen molar-refractivity contribution >= 4 is 23.6 Å². The van der Waals surface area contributed by atoms with E-state index >= 15 is 0 Å². The van der Waals surface area contributed by atoms with E-state index in [-0.39, 0.29) is 18.2 Å². The molecule has 2 aromatic carbocycles. The van der Waals surface area contributed by atoms with E-state index in [4.69, 9.17) is 4.74 Å². The predicted octanol–water partition coefficient (Wildman–Crippen LogP) is 4.34. The van der Waals surface area contributed by atoms with Gasteiger partial charge in [-0.25, -0.2) is 4.39 Å². The van der Waals surface area contributed by atoms with E-state index in [2.05, 4.69) is 15.6 Å². The predicted molar refractivity (Wildman–Crippen MR) is 117 cm³/mol. The first-order valence-electron chi connectivity index (χ1n) is 9.76. The summed E-state index contributed by atoms with van der Waals surface area (Å²) >= 11 is 0. The molecule has 0 saturated heterocycles. The average Bonchev–Trinajstić information content (AvgIpc) is 2.79. The number of halogens is 1. The number of nitrogens with zero attached hydrogens (tertiary/aromatic N) is 1. The molecule has 1 heterocycles. The number of benzene rings is 2. The van der Waals surface area contributed by atoms with Crippen LogP contribution in [0.2, 0.25) is 0 Å². The lowest BCUT2D eigenvalue weighted by Crippen LogP contribution is -2.31. The van der Waals surface area contributed by atoms with Gasteiger partial charge in [-0.15, -0.1) is 0 Å². The van der Waals surface area contributed by atoms with Crippen molar-refractivity contribution in [1.82, 2.24) is 10.3 Å². The average molecular weight is 419 g/mol. The zero-order valence-electron chi connectivity index (χ0n) is 17.0. The van der Waals surface area contributed by atoms with Crippen LogP contribution in [0, 0.1) is 5.82 Å². The van der Waals surface area contributed by atoms with Crippen molar-refractivity contribution < 1.29 is 18.7 Å². The minimum atomic E-state index is -0.569. The van der Waals surface area contributed by atoms with Crippen LogP contribution in [0.3, 0.4) is 0 Å². The highest BCUT2D eigenvalue weighted by Crippen LogP contribution is 2.24. The van der Waals surface area contributed by atoms with Crippen LogP contribution in [-0.2, 0) is 16.0 Å². The Morgan fingerprint density at radius 2 is 1.97 bits per heavy atom. The monoisotopic (exact) mass is 419 g/mol. The molecule has 0 aliphatic rings. The molecule has 0 radical (unpaired) electrons. The molecule has 0 fully saturated rings. The SMILES string of the molecule is CCc1ccccc1NC(=O)CNC(=O)/C=C/c1ccc(Oc2cccnc2)c(F)c1. The summed E-state index contributed by atoms with van der Waals surface area (Å²) in [6.45, 7) is 1.82. The minimum absolute atomic E-state index is 0.0543. The first-order valence-corrected chi connectivity index (χ1v) is 9.76. The number of nitrogens with one attached hydrogen (secondary N) is 2. The molecule has 3 aromatic rings. The van der Waals surface area contributed by atoms with Crippen LogP contribution in [0.15, 0.2) is 73.1 Å². The fourth-order valence-electron chi connectivity index (χ4n) is 2.78. The standard InChI is InChI=1S/C24H22FN3O3/c1-2-18-6-3-4-8-21(18)28-24(30)16-27-23(29)12-10-17-9-11-22(20(25)14-17)31-19-7-5-13-26-15-19/h3-15H,2,16H2,1H3,(H,27,29)(H,28,30)/b12-10+. The number of amides is 2. The van der Waals surface area contributed by atoms with Crippen molar-refractivity contribution in [3.63, 3.8) is 0 Å². The Morgan fingerprint density at radius 3 is 2.71 bits per heavy atom. The van der Waals surface area contributed by atoms with Gasteiger partial charge in [0.25, 0.3) is 0 Å². The summed E-state index contributed by atoms with van der Waals surface area (Å²) in [5.74, 6) is -0.886. The first kappa shape index (κ1) is 21.7. The second-order valence-corrected chi connectivity index (χ2v) is 6.59. The number of para-hydroxylation sites is 1. The van der Waals surface area contributed by atoms with E-state index in [1.807, 2.05) is 31.2 Å². The van der Waals surface area contributed by atoms with Crippen LogP contribution in [-0.4, -0.2) is 23.3 Å². The third-order valence-corrected chi connectivity index (χ3v) is 4.34. The van der Waals surface area contributed by atoms with Crippen molar-refractivity contribution in [2.45, 2.75) is 13.3 Å². The van der Waals surface area contributed by atoms with Gasteiger partial charge in [0.2, 0.25) is 11.8 Å². The largest absolute Gasteiger partial charge is 0.453 e. The van der Waals surface area contributed by atoms with Crippen LogP contribution in [0.25, 0.3) is 6.08 Å².